The molecule has 5 rings (SSSR count). The van der Waals surface area contributed by atoms with Gasteiger partial charge in [-0.2, -0.15) is 0 Å². The molecule has 0 unspecified atom stereocenters. The predicted octanol–water partition coefficient (Wildman–Crippen LogP) is 3.19. The number of hydrazine groups is 1. The van der Waals surface area contributed by atoms with Gasteiger partial charge in [0, 0.05) is 30.0 Å². The minimum Gasteiger partial charge on any atom is -0.379 e. The maximum atomic E-state index is 6.07. The van der Waals surface area contributed by atoms with Crippen LogP contribution in [-0.4, -0.2) is 55.8 Å². The average molecular weight is 408 g/mol. The largest absolute Gasteiger partial charge is 0.379 e. The third kappa shape index (κ3) is 3.65. The minimum absolute atomic E-state index is 0.670. The molecule has 9 heteroatoms. The number of morpholine rings is 1. The zero-order valence-electron chi connectivity index (χ0n) is 15.5. The molecule has 29 heavy (non-hydrogen) atoms. The number of fused-ring (bicyclic) bond motifs is 1. The molecule has 0 radical (unpaired) electrons. The second-order valence-electron chi connectivity index (χ2n) is 6.61. The normalized spacial score (nSPS) is 14.9. The summed E-state index contributed by atoms with van der Waals surface area (Å²) in [4.78, 5) is 18.1. The molecule has 0 atom stereocenters. The number of hydrogen-bond donors (Lipinski definition) is 1. The van der Waals surface area contributed by atoms with Crippen LogP contribution in [0.4, 0.5) is 5.82 Å². The highest BCUT2D eigenvalue weighted by Crippen LogP contribution is 2.27. The molecule has 0 spiro atoms. The molecule has 1 aliphatic rings. The van der Waals surface area contributed by atoms with Gasteiger partial charge in [0.1, 0.15) is 5.69 Å². The van der Waals surface area contributed by atoms with E-state index in [1.54, 1.807) is 24.8 Å². The van der Waals surface area contributed by atoms with Crippen LogP contribution in [0, 0.1) is 0 Å². The highest BCUT2D eigenvalue weighted by atomic mass is 35.5. The number of ether oxygens (including phenoxy) is 1. The highest BCUT2D eigenvalue weighted by molar-refractivity contribution is 6.30. The molecule has 1 aliphatic heterocycles. The Balaban J connectivity index is 1.52. The number of halogens is 1. The molecule has 1 saturated heterocycles. The van der Waals surface area contributed by atoms with Crippen LogP contribution in [0.5, 0.6) is 0 Å². The van der Waals surface area contributed by atoms with Gasteiger partial charge in [-0.1, -0.05) is 11.6 Å². The second kappa shape index (κ2) is 7.75. The topological polar surface area (TPSA) is 81.0 Å². The molecular formula is C20H18ClN7O. The van der Waals surface area contributed by atoms with E-state index >= 15 is 0 Å². The Morgan fingerprint density at radius 2 is 1.79 bits per heavy atom. The molecule has 8 nitrogen and oxygen atoms in total. The third-order valence-corrected chi connectivity index (χ3v) is 4.96. The van der Waals surface area contributed by atoms with Gasteiger partial charge in [-0.15, -0.1) is 0 Å². The van der Waals surface area contributed by atoms with Gasteiger partial charge in [0.25, 0.3) is 0 Å². The number of nitrogens with one attached hydrogen (secondary N) is 1. The van der Waals surface area contributed by atoms with Gasteiger partial charge in [-0.25, -0.2) is 20.0 Å². The molecule has 3 aromatic heterocycles. The van der Waals surface area contributed by atoms with E-state index in [9.17, 15) is 0 Å². The Labute approximate surface area is 172 Å². The summed E-state index contributed by atoms with van der Waals surface area (Å²) in [7, 11) is 0. The number of rotatable bonds is 4. The van der Waals surface area contributed by atoms with Crippen molar-refractivity contribution in [1.82, 2.24) is 29.5 Å². The summed E-state index contributed by atoms with van der Waals surface area (Å²) in [6, 6.07) is 9.48. The number of anilines is 1. The van der Waals surface area contributed by atoms with Crippen LogP contribution in [0.3, 0.4) is 0 Å². The van der Waals surface area contributed by atoms with Crippen LogP contribution in [0.25, 0.3) is 28.2 Å². The van der Waals surface area contributed by atoms with Crippen LogP contribution in [0.1, 0.15) is 0 Å². The molecule has 146 valence electrons. The van der Waals surface area contributed by atoms with E-state index in [4.69, 9.17) is 21.3 Å². The smallest absolute Gasteiger partial charge is 0.166 e. The van der Waals surface area contributed by atoms with Crippen molar-refractivity contribution in [1.29, 1.82) is 0 Å². The fraction of sp³-hybridized carbons (Fsp3) is 0.200. The molecule has 0 amide bonds. The SMILES string of the molecule is Clc1ccc(-n2c(-c3cnc(NN4CCOCC4)cn3)nc3ccncc32)cc1. The monoisotopic (exact) mass is 407 g/mol. The molecule has 4 heterocycles. The van der Waals surface area contributed by atoms with Crippen LogP contribution in [0.2, 0.25) is 5.02 Å². The van der Waals surface area contributed by atoms with Crippen molar-refractivity contribution in [2.45, 2.75) is 0 Å². The summed E-state index contributed by atoms with van der Waals surface area (Å²) in [5, 5.41) is 2.75. The maximum absolute atomic E-state index is 6.07. The molecule has 0 bridgehead atoms. The number of benzene rings is 1. The Kier molecular flexibility index (Phi) is 4.81. The highest BCUT2D eigenvalue weighted by Gasteiger charge is 2.16. The Bertz CT molecular complexity index is 1120. The number of imidazole rings is 1. The lowest BCUT2D eigenvalue weighted by Gasteiger charge is -2.27. The molecule has 1 fully saturated rings. The fourth-order valence-electron chi connectivity index (χ4n) is 3.29. The van der Waals surface area contributed by atoms with Gasteiger partial charge in [0.05, 0.1) is 42.8 Å². The van der Waals surface area contributed by atoms with Crippen molar-refractivity contribution >= 4 is 28.5 Å². The van der Waals surface area contributed by atoms with E-state index in [0.29, 0.717) is 35.6 Å². The Hall–Kier alpha value is -3.07. The molecule has 0 aliphatic carbocycles. The molecule has 4 aromatic rings. The molecule has 1 N–H and O–H groups in total. The summed E-state index contributed by atoms with van der Waals surface area (Å²) in [5.41, 5.74) is 6.59. The lowest BCUT2D eigenvalue weighted by molar-refractivity contribution is 0.0494. The van der Waals surface area contributed by atoms with Gasteiger partial charge in [0.2, 0.25) is 0 Å². The molecular weight excluding hydrogens is 390 g/mol. The van der Waals surface area contributed by atoms with Crippen molar-refractivity contribution in [2.24, 2.45) is 0 Å². The van der Waals surface area contributed by atoms with Gasteiger partial charge in [0.15, 0.2) is 11.6 Å². The summed E-state index contributed by atoms with van der Waals surface area (Å²) < 4.78 is 7.38. The zero-order valence-corrected chi connectivity index (χ0v) is 16.3. The quantitative estimate of drug-likeness (QED) is 0.556. The number of nitrogens with zero attached hydrogens (tertiary/aromatic N) is 6. The fourth-order valence-corrected chi connectivity index (χ4v) is 3.41. The Morgan fingerprint density at radius 3 is 2.55 bits per heavy atom. The lowest BCUT2D eigenvalue weighted by Crippen LogP contribution is -2.40. The van der Waals surface area contributed by atoms with Gasteiger partial charge < -0.3 is 10.2 Å². The first-order chi connectivity index (χ1) is 14.3. The number of pyridine rings is 1. The van der Waals surface area contributed by atoms with Crippen molar-refractivity contribution < 1.29 is 4.74 Å². The van der Waals surface area contributed by atoms with Gasteiger partial charge in [-0.05, 0) is 30.3 Å². The standard InChI is InChI=1S/C20H18ClN7O/c21-14-1-3-15(4-2-14)28-18-12-22-6-5-16(18)25-20(28)17-11-24-19(13-23-17)26-27-7-9-29-10-8-27/h1-6,11-13H,7-10H2,(H,24,26). The van der Waals surface area contributed by atoms with Crippen LogP contribution in [0.15, 0.2) is 55.1 Å². The van der Waals surface area contributed by atoms with Crippen LogP contribution >= 0.6 is 11.6 Å². The van der Waals surface area contributed by atoms with Crippen LogP contribution in [-0.2, 0) is 4.74 Å². The second-order valence-corrected chi connectivity index (χ2v) is 7.05. The van der Waals surface area contributed by atoms with Gasteiger partial charge in [-0.3, -0.25) is 9.55 Å². The number of hydrogen-bond acceptors (Lipinski definition) is 7. The number of aromatic nitrogens is 5. The summed E-state index contributed by atoms with van der Waals surface area (Å²) in [6.45, 7) is 3.03. The summed E-state index contributed by atoms with van der Waals surface area (Å²) in [5.74, 6) is 1.38. The molecule has 0 saturated carbocycles. The average Bonchev–Trinajstić information content (AvgIpc) is 3.15. The predicted molar refractivity (Wildman–Crippen MR) is 111 cm³/mol. The Morgan fingerprint density at radius 1 is 0.966 bits per heavy atom. The lowest BCUT2D eigenvalue weighted by atomic mass is 10.3. The van der Waals surface area contributed by atoms with Crippen molar-refractivity contribution in [3.05, 3.63) is 60.1 Å². The van der Waals surface area contributed by atoms with E-state index < -0.39 is 0 Å². The van der Waals surface area contributed by atoms with Crippen LogP contribution < -0.4 is 5.43 Å². The van der Waals surface area contributed by atoms with E-state index in [2.05, 4.69) is 25.4 Å². The van der Waals surface area contributed by atoms with E-state index in [0.717, 1.165) is 29.8 Å². The maximum Gasteiger partial charge on any atom is 0.166 e. The molecule has 1 aromatic carbocycles. The summed E-state index contributed by atoms with van der Waals surface area (Å²) in [6.07, 6.45) is 6.97. The summed E-state index contributed by atoms with van der Waals surface area (Å²) >= 11 is 6.07. The minimum atomic E-state index is 0.670. The first-order valence-corrected chi connectivity index (χ1v) is 9.66. The van der Waals surface area contributed by atoms with Gasteiger partial charge >= 0.3 is 0 Å². The van der Waals surface area contributed by atoms with E-state index in [-0.39, 0.29) is 0 Å². The van der Waals surface area contributed by atoms with Crippen molar-refractivity contribution in [3.63, 3.8) is 0 Å². The van der Waals surface area contributed by atoms with E-state index in [1.807, 2.05) is 34.9 Å². The van der Waals surface area contributed by atoms with Crippen molar-refractivity contribution in [2.75, 3.05) is 31.7 Å². The third-order valence-electron chi connectivity index (χ3n) is 4.71. The first kappa shape index (κ1) is 18.0. The first-order valence-electron chi connectivity index (χ1n) is 9.28. The van der Waals surface area contributed by atoms with Crippen molar-refractivity contribution in [3.8, 4) is 17.2 Å². The van der Waals surface area contributed by atoms with E-state index in [1.165, 1.54) is 0 Å². The zero-order chi connectivity index (χ0) is 19.6.